The first-order valence-corrected chi connectivity index (χ1v) is 6.39. The number of nitrogens with one attached hydrogen (secondary N) is 1. The number of nitrogens with two attached hydrogens (primary N) is 1. The highest BCUT2D eigenvalue weighted by Crippen LogP contribution is 2.26. The Morgan fingerprint density at radius 3 is 2.45 bits per heavy atom. The third-order valence-corrected chi connectivity index (χ3v) is 2.91. The molecule has 0 aliphatic carbocycles. The number of hydrogen-bond acceptors (Lipinski definition) is 5. The number of ketones is 1. The van der Waals surface area contributed by atoms with Gasteiger partial charge in [0.15, 0.2) is 5.78 Å². The van der Waals surface area contributed by atoms with E-state index < -0.39 is 17.3 Å². The summed E-state index contributed by atoms with van der Waals surface area (Å²) in [5.74, 6) is -1.01. The van der Waals surface area contributed by atoms with Gasteiger partial charge >= 0.3 is 0 Å². The highest BCUT2D eigenvalue weighted by atomic mass is 16.6. The van der Waals surface area contributed by atoms with Crippen LogP contribution in [0.25, 0.3) is 0 Å². The molecule has 1 amide bonds. The summed E-state index contributed by atoms with van der Waals surface area (Å²) >= 11 is 0. The Kier molecular flexibility index (Phi) is 4.47. The Labute approximate surface area is 125 Å². The molecule has 7 nitrogen and oxygen atoms in total. The minimum atomic E-state index is -0.637. The molecule has 0 saturated heterocycles. The van der Waals surface area contributed by atoms with Gasteiger partial charge in [-0.2, -0.15) is 0 Å². The van der Waals surface area contributed by atoms with Crippen LogP contribution in [0.15, 0.2) is 48.5 Å². The van der Waals surface area contributed by atoms with Gasteiger partial charge in [-0.3, -0.25) is 19.7 Å². The number of anilines is 2. The highest BCUT2D eigenvalue weighted by molar-refractivity contribution is 6.11. The second kappa shape index (κ2) is 6.49. The molecule has 0 unspecified atom stereocenters. The average molecular weight is 299 g/mol. The van der Waals surface area contributed by atoms with Crippen LogP contribution in [0.3, 0.4) is 0 Å². The first-order chi connectivity index (χ1) is 10.5. The van der Waals surface area contributed by atoms with E-state index >= 15 is 0 Å². The maximum atomic E-state index is 11.9. The van der Waals surface area contributed by atoms with Crippen LogP contribution in [0, 0.1) is 10.1 Å². The number of carbonyl (C=O) groups is 2. The van der Waals surface area contributed by atoms with Crippen LogP contribution in [0.2, 0.25) is 0 Å². The normalized spacial score (nSPS) is 10.0. The summed E-state index contributed by atoms with van der Waals surface area (Å²) in [7, 11) is 0. The molecular weight excluding hydrogens is 286 g/mol. The van der Waals surface area contributed by atoms with Crippen LogP contribution in [-0.4, -0.2) is 16.6 Å². The van der Waals surface area contributed by atoms with Crippen molar-refractivity contribution in [2.45, 2.75) is 6.42 Å². The van der Waals surface area contributed by atoms with Gasteiger partial charge in [0.1, 0.15) is 5.69 Å². The standard InChI is InChI=1S/C15H13N3O4/c16-11-6-7-13(18(21)22)12(8-11)17-15(20)9-14(19)10-4-2-1-3-5-10/h1-8H,9,16H2,(H,17,20). The van der Waals surface area contributed by atoms with Crippen molar-refractivity contribution in [3.05, 3.63) is 64.2 Å². The predicted molar refractivity (Wildman–Crippen MR) is 81.5 cm³/mol. The first-order valence-electron chi connectivity index (χ1n) is 6.39. The first kappa shape index (κ1) is 15.2. The van der Waals surface area contributed by atoms with Crippen molar-refractivity contribution >= 4 is 28.8 Å². The van der Waals surface area contributed by atoms with Crippen LogP contribution < -0.4 is 11.1 Å². The van der Waals surface area contributed by atoms with Gasteiger partial charge in [-0.05, 0) is 12.1 Å². The molecule has 0 spiro atoms. The van der Waals surface area contributed by atoms with Gasteiger partial charge in [0.25, 0.3) is 5.69 Å². The number of nitro groups is 1. The third-order valence-electron chi connectivity index (χ3n) is 2.91. The van der Waals surface area contributed by atoms with Crippen LogP contribution in [-0.2, 0) is 4.79 Å². The number of benzene rings is 2. The zero-order valence-electron chi connectivity index (χ0n) is 11.5. The molecule has 0 heterocycles. The number of Topliss-reactive ketones (excluding diaryl/α,β-unsaturated/α-hetero) is 1. The van der Waals surface area contributed by atoms with E-state index in [-0.39, 0.29) is 22.8 Å². The molecule has 0 radical (unpaired) electrons. The molecule has 0 fully saturated rings. The molecule has 0 saturated carbocycles. The molecule has 2 rings (SSSR count). The lowest BCUT2D eigenvalue weighted by Crippen LogP contribution is -2.17. The zero-order valence-corrected chi connectivity index (χ0v) is 11.5. The van der Waals surface area contributed by atoms with Gasteiger partial charge < -0.3 is 11.1 Å². The fraction of sp³-hybridized carbons (Fsp3) is 0.0667. The quantitative estimate of drug-likeness (QED) is 0.289. The van der Waals surface area contributed by atoms with E-state index in [1.807, 2.05) is 0 Å². The number of carbonyl (C=O) groups excluding carboxylic acids is 2. The summed E-state index contributed by atoms with van der Waals surface area (Å²) < 4.78 is 0. The van der Waals surface area contributed by atoms with Gasteiger partial charge in [0.05, 0.1) is 11.3 Å². The second-order valence-corrected chi connectivity index (χ2v) is 4.55. The van der Waals surface area contributed by atoms with Crippen molar-refractivity contribution in [1.82, 2.24) is 0 Å². The molecule has 22 heavy (non-hydrogen) atoms. The number of hydrogen-bond donors (Lipinski definition) is 2. The second-order valence-electron chi connectivity index (χ2n) is 4.55. The Bertz CT molecular complexity index is 729. The van der Waals surface area contributed by atoms with Gasteiger partial charge in [-0.25, -0.2) is 0 Å². The molecule has 0 aliphatic heterocycles. The molecule has 3 N–H and O–H groups in total. The number of amides is 1. The van der Waals surface area contributed by atoms with Crippen molar-refractivity contribution in [3.63, 3.8) is 0 Å². The summed E-state index contributed by atoms with van der Waals surface area (Å²) in [5.41, 5.74) is 5.92. The molecule has 0 aliphatic rings. The minimum absolute atomic E-state index is 0.0316. The van der Waals surface area contributed by atoms with Crippen molar-refractivity contribution in [2.75, 3.05) is 11.1 Å². The summed E-state index contributed by atoms with van der Waals surface area (Å²) in [4.78, 5) is 34.1. The molecule has 0 atom stereocenters. The predicted octanol–water partition coefficient (Wildman–Crippen LogP) is 2.39. The molecule has 112 valence electrons. The van der Waals surface area contributed by atoms with E-state index in [0.29, 0.717) is 5.56 Å². The fourth-order valence-corrected chi connectivity index (χ4v) is 1.88. The summed E-state index contributed by atoms with van der Waals surface area (Å²) in [6.07, 6.45) is -0.407. The molecule has 0 bridgehead atoms. The SMILES string of the molecule is Nc1ccc([N+](=O)[O-])c(NC(=O)CC(=O)c2ccccc2)c1. The molecular formula is C15H13N3O4. The summed E-state index contributed by atoms with van der Waals surface area (Å²) in [5, 5.41) is 13.3. The van der Waals surface area contributed by atoms with Crippen LogP contribution in [0.4, 0.5) is 17.1 Å². The van der Waals surface area contributed by atoms with E-state index in [2.05, 4.69) is 5.32 Å². The molecule has 7 heteroatoms. The van der Waals surface area contributed by atoms with Crippen LogP contribution in [0.5, 0.6) is 0 Å². The van der Waals surface area contributed by atoms with Gasteiger partial charge in [0, 0.05) is 17.3 Å². The zero-order chi connectivity index (χ0) is 16.1. The highest BCUT2D eigenvalue weighted by Gasteiger charge is 2.18. The average Bonchev–Trinajstić information content (AvgIpc) is 2.47. The molecule has 2 aromatic rings. The lowest BCUT2D eigenvalue weighted by atomic mass is 10.1. The largest absolute Gasteiger partial charge is 0.399 e. The Morgan fingerprint density at radius 1 is 1.14 bits per heavy atom. The maximum absolute atomic E-state index is 11.9. The smallest absolute Gasteiger partial charge is 0.292 e. The van der Waals surface area contributed by atoms with E-state index in [1.54, 1.807) is 30.3 Å². The number of nitrogen functional groups attached to an aromatic ring is 1. The van der Waals surface area contributed by atoms with E-state index in [9.17, 15) is 19.7 Å². The number of nitro benzene ring substituents is 1. The van der Waals surface area contributed by atoms with Crippen molar-refractivity contribution in [2.24, 2.45) is 0 Å². The lowest BCUT2D eigenvalue weighted by molar-refractivity contribution is -0.383. The van der Waals surface area contributed by atoms with Crippen LogP contribution in [0.1, 0.15) is 16.8 Å². The minimum Gasteiger partial charge on any atom is -0.399 e. The van der Waals surface area contributed by atoms with E-state index in [4.69, 9.17) is 5.73 Å². The fourth-order valence-electron chi connectivity index (χ4n) is 1.88. The Hall–Kier alpha value is -3.22. The van der Waals surface area contributed by atoms with Crippen molar-refractivity contribution in [3.8, 4) is 0 Å². The summed E-state index contributed by atoms with van der Waals surface area (Å²) in [6.45, 7) is 0. The van der Waals surface area contributed by atoms with Crippen molar-refractivity contribution < 1.29 is 14.5 Å². The lowest BCUT2D eigenvalue weighted by Gasteiger charge is -2.06. The van der Waals surface area contributed by atoms with E-state index in [0.717, 1.165) is 0 Å². The monoisotopic (exact) mass is 299 g/mol. The molecule has 0 aromatic heterocycles. The Balaban J connectivity index is 2.11. The number of rotatable bonds is 5. The third kappa shape index (κ3) is 3.66. The molecule has 2 aromatic carbocycles. The topological polar surface area (TPSA) is 115 Å². The maximum Gasteiger partial charge on any atom is 0.292 e. The Morgan fingerprint density at radius 2 is 1.82 bits per heavy atom. The summed E-state index contributed by atoms with van der Waals surface area (Å²) in [6, 6.07) is 12.2. The number of nitrogens with zero attached hydrogens (tertiary/aromatic N) is 1. The van der Waals surface area contributed by atoms with Crippen LogP contribution >= 0.6 is 0 Å². The van der Waals surface area contributed by atoms with Gasteiger partial charge in [-0.1, -0.05) is 30.3 Å². The van der Waals surface area contributed by atoms with Crippen molar-refractivity contribution in [1.29, 1.82) is 0 Å². The van der Waals surface area contributed by atoms with Gasteiger partial charge in [-0.15, -0.1) is 0 Å². The van der Waals surface area contributed by atoms with E-state index in [1.165, 1.54) is 18.2 Å². The van der Waals surface area contributed by atoms with Gasteiger partial charge in [0.2, 0.25) is 5.91 Å².